The Morgan fingerprint density at radius 1 is 0.880 bits per heavy atom. The molecule has 0 radical (unpaired) electrons. The van der Waals surface area contributed by atoms with Crippen molar-refractivity contribution in [2.24, 2.45) is 0 Å². The first kappa shape index (κ1) is 20.7. The summed E-state index contributed by atoms with van der Waals surface area (Å²) in [6.45, 7) is 4.65. The summed E-state index contributed by atoms with van der Waals surface area (Å²) in [4.78, 5) is 34.3. The normalized spacial score (nSPS) is 10.2. The van der Waals surface area contributed by atoms with Gasteiger partial charge in [0.1, 0.15) is 0 Å². The molecule has 1 aromatic carbocycles. The van der Waals surface area contributed by atoms with Gasteiger partial charge in [-0.1, -0.05) is 31.9 Å². The summed E-state index contributed by atoms with van der Waals surface area (Å²) in [6.07, 6.45) is 4.54. The van der Waals surface area contributed by atoms with Crippen LogP contribution in [0, 0.1) is 0 Å². The average Bonchev–Trinajstić information content (AvgIpc) is 2.57. The lowest BCUT2D eigenvalue weighted by atomic mass is 10.1. The van der Waals surface area contributed by atoms with Crippen LogP contribution in [0.3, 0.4) is 0 Å². The highest BCUT2D eigenvalue weighted by Gasteiger charge is 2.05. The highest BCUT2D eigenvalue weighted by molar-refractivity contribution is 5.88. The molecule has 3 N–H and O–H groups in total. The highest BCUT2D eigenvalue weighted by Crippen LogP contribution is 2.11. The zero-order chi connectivity index (χ0) is 18.5. The van der Waals surface area contributed by atoms with Crippen LogP contribution in [-0.2, 0) is 20.8 Å². The number of nitrogens with one attached hydrogen (secondary N) is 3. The monoisotopic (exact) mass is 347 g/mol. The molecular formula is C19H29N3O3. The molecule has 0 aromatic heterocycles. The minimum Gasteiger partial charge on any atom is -0.356 e. The van der Waals surface area contributed by atoms with Crippen LogP contribution >= 0.6 is 0 Å². The fraction of sp³-hybridized carbons (Fsp3) is 0.526. The van der Waals surface area contributed by atoms with Gasteiger partial charge in [-0.05, 0) is 30.5 Å². The van der Waals surface area contributed by atoms with Crippen LogP contribution in [0.1, 0.15) is 51.5 Å². The number of hydrogen-bond acceptors (Lipinski definition) is 3. The number of hydrogen-bond donors (Lipinski definition) is 3. The van der Waals surface area contributed by atoms with Crippen molar-refractivity contribution < 1.29 is 14.4 Å². The summed E-state index contributed by atoms with van der Waals surface area (Å²) in [5.74, 6) is -0.198. The smallest absolute Gasteiger partial charge is 0.221 e. The van der Waals surface area contributed by atoms with Crippen molar-refractivity contribution in [1.29, 1.82) is 0 Å². The van der Waals surface area contributed by atoms with Gasteiger partial charge in [-0.3, -0.25) is 14.4 Å². The summed E-state index contributed by atoms with van der Waals surface area (Å²) in [6, 6.07) is 7.42. The molecule has 1 rings (SSSR count). The number of carbonyl (C=O) groups is 3. The molecule has 0 aliphatic heterocycles. The number of anilines is 1. The Morgan fingerprint density at radius 2 is 1.52 bits per heavy atom. The van der Waals surface area contributed by atoms with E-state index in [-0.39, 0.29) is 17.7 Å². The van der Waals surface area contributed by atoms with Crippen molar-refractivity contribution in [3.05, 3.63) is 29.8 Å². The van der Waals surface area contributed by atoms with Crippen LogP contribution in [0.2, 0.25) is 0 Å². The standard InChI is InChI=1S/C19H29N3O3/c1-3-4-5-13-20-19(25)12-14-21-18(24)11-8-16-6-9-17(10-7-16)22-15(2)23/h6-7,9-10H,3-5,8,11-14H2,1-2H3,(H,20,25)(H,21,24)(H,22,23). The molecule has 0 unspecified atom stereocenters. The van der Waals surface area contributed by atoms with Gasteiger partial charge in [-0.25, -0.2) is 0 Å². The van der Waals surface area contributed by atoms with Crippen molar-refractivity contribution >= 4 is 23.4 Å². The predicted octanol–water partition coefficient (Wildman–Crippen LogP) is 2.39. The topological polar surface area (TPSA) is 87.3 Å². The fourth-order valence-electron chi connectivity index (χ4n) is 2.31. The van der Waals surface area contributed by atoms with E-state index < -0.39 is 0 Å². The van der Waals surface area contributed by atoms with Gasteiger partial charge in [-0.15, -0.1) is 0 Å². The second kappa shape index (κ2) is 12.1. The van der Waals surface area contributed by atoms with E-state index in [1.807, 2.05) is 24.3 Å². The Balaban J connectivity index is 2.16. The molecule has 0 heterocycles. The molecule has 6 nitrogen and oxygen atoms in total. The van der Waals surface area contributed by atoms with Gasteiger partial charge >= 0.3 is 0 Å². The van der Waals surface area contributed by atoms with Gasteiger partial charge in [0.2, 0.25) is 17.7 Å². The Labute approximate surface area is 149 Å². The van der Waals surface area contributed by atoms with E-state index in [1.165, 1.54) is 6.92 Å². The first-order chi connectivity index (χ1) is 12.0. The Bertz CT molecular complexity index is 556. The highest BCUT2D eigenvalue weighted by atomic mass is 16.2. The van der Waals surface area contributed by atoms with Crippen molar-refractivity contribution in [3.8, 4) is 0 Å². The lowest BCUT2D eigenvalue weighted by Crippen LogP contribution is -2.31. The third-order valence-corrected chi connectivity index (χ3v) is 3.69. The maximum absolute atomic E-state index is 11.8. The number of carbonyl (C=O) groups excluding carboxylic acids is 3. The van der Waals surface area contributed by atoms with Crippen molar-refractivity contribution in [2.75, 3.05) is 18.4 Å². The molecule has 0 aliphatic rings. The second-order valence-electron chi connectivity index (χ2n) is 6.04. The minimum atomic E-state index is -0.110. The number of amides is 3. The maximum atomic E-state index is 11.8. The minimum absolute atomic E-state index is 0.0232. The number of aryl methyl sites for hydroxylation is 1. The zero-order valence-electron chi connectivity index (χ0n) is 15.2. The van der Waals surface area contributed by atoms with Crippen molar-refractivity contribution in [3.63, 3.8) is 0 Å². The van der Waals surface area contributed by atoms with Gasteiger partial charge in [-0.2, -0.15) is 0 Å². The molecule has 0 saturated carbocycles. The van der Waals surface area contributed by atoms with E-state index in [4.69, 9.17) is 0 Å². The molecule has 25 heavy (non-hydrogen) atoms. The van der Waals surface area contributed by atoms with E-state index in [9.17, 15) is 14.4 Å². The van der Waals surface area contributed by atoms with E-state index in [0.29, 0.717) is 32.4 Å². The molecule has 0 bridgehead atoms. The zero-order valence-corrected chi connectivity index (χ0v) is 15.2. The summed E-state index contributed by atoms with van der Waals surface area (Å²) in [7, 11) is 0. The molecule has 0 spiro atoms. The maximum Gasteiger partial charge on any atom is 0.221 e. The van der Waals surface area contributed by atoms with Crippen LogP contribution in [0.4, 0.5) is 5.69 Å². The van der Waals surface area contributed by atoms with Crippen molar-refractivity contribution in [1.82, 2.24) is 10.6 Å². The summed E-state index contributed by atoms with van der Waals surface area (Å²) in [5.41, 5.74) is 1.77. The number of benzene rings is 1. The molecule has 3 amide bonds. The van der Waals surface area contributed by atoms with Gasteiger partial charge in [0, 0.05) is 38.5 Å². The molecule has 138 valence electrons. The Morgan fingerprint density at radius 3 is 2.16 bits per heavy atom. The van der Waals surface area contributed by atoms with Crippen LogP contribution in [0.5, 0.6) is 0 Å². The largest absolute Gasteiger partial charge is 0.356 e. The van der Waals surface area contributed by atoms with E-state index >= 15 is 0 Å². The average molecular weight is 347 g/mol. The van der Waals surface area contributed by atoms with E-state index in [1.54, 1.807) is 0 Å². The molecule has 1 aromatic rings. The van der Waals surface area contributed by atoms with E-state index in [2.05, 4.69) is 22.9 Å². The fourth-order valence-corrected chi connectivity index (χ4v) is 2.31. The molecule has 0 aliphatic carbocycles. The summed E-state index contributed by atoms with van der Waals surface area (Å²) >= 11 is 0. The summed E-state index contributed by atoms with van der Waals surface area (Å²) < 4.78 is 0. The first-order valence-corrected chi connectivity index (χ1v) is 8.91. The van der Waals surface area contributed by atoms with Gasteiger partial charge in [0.05, 0.1) is 0 Å². The molecule has 0 atom stereocenters. The second-order valence-corrected chi connectivity index (χ2v) is 6.04. The molecule has 0 saturated heterocycles. The first-order valence-electron chi connectivity index (χ1n) is 8.91. The lowest BCUT2D eigenvalue weighted by Gasteiger charge is -2.07. The van der Waals surface area contributed by atoms with Crippen LogP contribution < -0.4 is 16.0 Å². The van der Waals surface area contributed by atoms with Gasteiger partial charge in [0.25, 0.3) is 0 Å². The SMILES string of the molecule is CCCCCNC(=O)CCNC(=O)CCc1ccc(NC(C)=O)cc1. The van der Waals surface area contributed by atoms with Crippen molar-refractivity contribution in [2.45, 2.75) is 52.4 Å². The van der Waals surface area contributed by atoms with Crippen LogP contribution in [-0.4, -0.2) is 30.8 Å². The Hall–Kier alpha value is -2.37. The quantitative estimate of drug-likeness (QED) is 0.537. The Kier molecular flexibility index (Phi) is 9.97. The molecule has 0 fully saturated rings. The van der Waals surface area contributed by atoms with E-state index in [0.717, 1.165) is 30.5 Å². The van der Waals surface area contributed by atoms with Gasteiger partial charge < -0.3 is 16.0 Å². The molecular weight excluding hydrogens is 318 g/mol. The third kappa shape index (κ3) is 10.2. The lowest BCUT2D eigenvalue weighted by molar-refractivity contribution is -0.122. The number of unbranched alkanes of at least 4 members (excludes halogenated alkanes) is 2. The third-order valence-electron chi connectivity index (χ3n) is 3.69. The van der Waals surface area contributed by atoms with Crippen LogP contribution in [0.15, 0.2) is 24.3 Å². The molecule has 6 heteroatoms. The predicted molar refractivity (Wildman–Crippen MR) is 99.2 cm³/mol. The number of rotatable bonds is 11. The summed E-state index contributed by atoms with van der Waals surface area (Å²) in [5, 5.41) is 8.31. The van der Waals surface area contributed by atoms with Crippen LogP contribution in [0.25, 0.3) is 0 Å². The van der Waals surface area contributed by atoms with Gasteiger partial charge in [0.15, 0.2) is 0 Å².